The summed E-state index contributed by atoms with van der Waals surface area (Å²) in [5.41, 5.74) is -2.52. The smallest absolute Gasteiger partial charge is 0.306 e. The summed E-state index contributed by atoms with van der Waals surface area (Å²) >= 11 is 0. The van der Waals surface area contributed by atoms with Crippen molar-refractivity contribution in [2.45, 2.75) is 242 Å². The lowest BCUT2D eigenvalue weighted by Gasteiger charge is -2.32. The molecule has 20 atom stereocenters. The van der Waals surface area contributed by atoms with Gasteiger partial charge in [-0.3, -0.25) is 47.8 Å². The Kier molecular flexibility index (Phi) is 21.8. The average molecular weight is 1580 g/mol. The summed E-state index contributed by atoms with van der Waals surface area (Å²) < 4.78 is 91.4. The zero-order valence-electron chi connectivity index (χ0n) is 65.6. The summed E-state index contributed by atoms with van der Waals surface area (Å²) in [5, 5.41) is 19.7. The molecule has 8 aliphatic carbocycles. The fourth-order valence-electron chi connectivity index (χ4n) is 19.4. The summed E-state index contributed by atoms with van der Waals surface area (Å²) in [6, 6.07) is 12.8. The summed E-state index contributed by atoms with van der Waals surface area (Å²) in [7, 11) is -4.88. The number of ketones is 2. The number of rotatable bonds is 18. The number of benzene rings is 2. The molecule has 4 amide bonds. The Morgan fingerprint density at radius 2 is 0.830 bits per heavy atom. The van der Waals surface area contributed by atoms with Crippen LogP contribution in [0.15, 0.2) is 72.8 Å². The van der Waals surface area contributed by atoms with Gasteiger partial charge < -0.3 is 38.2 Å². The highest BCUT2D eigenvalue weighted by atomic mass is 32.2. The molecular formula is C84H108N8O18S2. The number of esters is 2. The molecule has 4 aliphatic heterocycles. The molecule has 8 saturated carbocycles. The predicted molar refractivity (Wildman–Crippen MR) is 411 cm³/mol. The van der Waals surface area contributed by atoms with Gasteiger partial charge in [-0.1, -0.05) is 76.3 Å². The van der Waals surface area contributed by atoms with E-state index in [1.54, 1.807) is 13.8 Å². The number of amides is 4. The van der Waals surface area contributed by atoms with E-state index in [9.17, 15) is 55.2 Å². The molecule has 26 nitrogen and oxygen atoms in total. The van der Waals surface area contributed by atoms with Crippen LogP contribution in [0.1, 0.15) is 196 Å². The number of carbonyl (C=O) groups is 8. The number of allylic oxidation sites excluding steroid dienone is 4. The second-order valence-electron chi connectivity index (χ2n) is 36.0. The molecular weight excluding hydrogens is 1470 g/mol. The molecule has 604 valence electrons. The van der Waals surface area contributed by atoms with Crippen LogP contribution in [0.25, 0.3) is 21.5 Å². The van der Waals surface area contributed by atoms with Crippen molar-refractivity contribution in [3.63, 3.8) is 0 Å². The number of sulfonamides is 2. The van der Waals surface area contributed by atoms with Gasteiger partial charge >= 0.3 is 11.9 Å². The molecule has 0 bridgehead atoms. The van der Waals surface area contributed by atoms with E-state index in [0.29, 0.717) is 108 Å². The van der Waals surface area contributed by atoms with Crippen LogP contribution in [0, 0.1) is 81.8 Å². The Bertz CT molecular complexity index is 4370. The first kappa shape index (κ1) is 79.1. The first-order valence-corrected chi connectivity index (χ1v) is 43.8. The van der Waals surface area contributed by atoms with Crippen LogP contribution in [0.5, 0.6) is 23.5 Å². The molecule has 6 heterocycles. The Labute approximate surface area is 655 Å². The number of hydrogen-bond donors (Lipinski definition) is 2. The van der Waals surface area contributed by atoms with Gasteiger partial charge in [-0.05, 0) is 213 Å². The molecule has 10 fully saturated rings. The summed E-state index contributed by atoms with van der Waals surface area (Å²) in [6.45, 7) is 11.6. The van der Waals surface area contributed by atoms with E-state index < -0.39 is 100 Å². The van der Waals surface area contributed by atoms with Crippen LogP contribution >= 0.6 is 0 Å². The van der Waals surface area contributed by atoms with Crippen molar-refractivity contribution in [2.75, 3.05) is 27.3 Å². The normalized spacial score (nSPS) is 35.6. The van der Waals surface area contributed by atoms with Gasteiger partial charge in [-0.25, -0.2) is 16.8 Å². The van der Waals surface area contributed by atoms with Crippen molar-refractivity contribution in [2.24, 2.45) is 81.8 Å². The molecule has 2 saturated heterocycles. The first-order valence-electron chi connectivity index (χ1n) is 40.8. The fourth-order valence-corrected chi connectivity index (χ4v) is 22.1. The Hall–Kier alpha value is -8.14. The molecule has 12 aliphatic rings. The topological polar surface area (TPSA) is 342 Å². The van der Waals surface area contributed by atoms with Gasteiger partial charge in [0.1, 0.15) is 24.4 Å². The SMILES string of the molecule is COc1nnc(O[C@@H]2C[C@H]3C(=O)C[C@]4(C(=O)NS(=O)(=O)C5(C)CC5)C[C@H]4/C=C\CC[C@@H](C)C[C@@H](C)[C@H](CC(=O)OC4C[C@@H]5C[C@@H]5C4)C(=O)N3C2)c2ccccc12.COc1nnc(O[C@@H]2C[C@H]3C(=O)C[C@]4(C(=O)NS(=O)(=O)C5(C)CC5)C[C@H]4/C=C\CC[C@H](C)C[C@@H](C)[C@H](CC(=O)OC4C[C@@H]5C[C@@H]5C4)C(=O)N3C2)c2ccccc12. The van der Waals surface area contributed by atoms with Crippen molar-refractivity contribution in [3.05, 3.63) is 72.8 Å². The summed E-state index contributed by atoms with van der Waals surface area (Å²) in [4.78, 5) is 117. The third kappa shape index (κ3) is 16.3. The lowest BCUT2D eigenvalue weighted by atomic mass is 9.82. The van der Waals surface area contributed by atoms with Crippen LogP contribution < -0.4 is 28.4 Å². The highest BCUT2D eigenvalue weighted by Crippen LogP contribution is 2.60. The van der Waals surface area contributed by atoms with E-state index in [2.05, 4.69) is 43.7 Å². The van der Waals surface area contributed by atoms with E-state index in [1.165, 1.54) is 36.9 Å². The van der Waals surface area contributed by atoms with E-state index >= 15 is 0 Å². The van der Waals surface area contributed by atoms with Gasteiger partial charge in [0.15, 0.2) is 11.6 Å². The first-order chi connectivity index (χ1) is 53.4. The third-order valence-corrected chi connectivity index (χ3v) is 31.9. The summed E-state index contributed by atoms with van der Waals surface area (Å²) in [6.07, 6.45) is 18.8. The average Bonchev–Trinajstić information content (AvgIpc) is 1.57. The van der Waals surface area contributed by atoms with Gasteiger partial charge in [0.25, 0.3) is 0 Å². The fraction of sp³-hybridized carbons (Fsp3) is 0.667. The molecule has 2 unspecified atom stereocenters. The molecule has 2 aromatic heterocycles. The quantitative estimate of drug-likeness (QED) is 0.0690. The number of nitrogens with zero attached hydrogens (tertiary/aromatic N) is 6. The van der Waals surface area contributed by atoms with E-state index in [0.717, 1.165) is 51.4 Å². The minimum atomic E-state index is -3.95. The predicted octanol–water partition coefficient (Wildman–Crippen LogP) is 10.6. The number of nitrogens with one attached hydrogen (secondary N) is 2. The zero-order chi connectivity index (χ0) is 79.1. The van der Waals surface area contributed by atoms with Crippen molar-refractivity contribution < 1.29 is 83.6 Å². The molecule has 0 radical (unpaired) electrons. The van der Waals surface area contributed by atoms with Crippen LogP contribution in [0.2, 0.25) is 0 Å². The second-order valence-corrected chi connectivity index (χ2v) is 40.4. The minimum absolute atomic E-state index is 0.0480. The van der Waals surface area contributed by atoms with Crippen LogP contribution in [-0.4, -0.2) is 167 Å². The monoisotopic (exact) mass is 1580 g/mol. The highest BCUT2D eigenvalue weighted by Gasteiger charge is 2.65. The number of carbonyl (C=O) groups excluding carboxylic acids is 8. The number of ether oxygens (including phenoxy) is 6. The van der Waals surface area contributed by atoms with Crippen LogP contribution in [-0.2, 0) is 67.9 Å². The lowest BCUT2D eigenvalue weighted by molar-refractivity contribution is -0.155. The minimum Gasteiger partial charge on any atom is -0.479 e. The largest absolute Gasteiger partial charge is 0.479 e. The van der Waals surface area contributed by atoms with E-state index in [-0.39, 0.29) is 134 Å². The van der Waals surface area contributed by atoms with Crippen LogP contribution in [0.3, 0.4) is 0 Å². The molecule has 2 N–H and O–H groups in total. The Balaban J connectivity index is 0.000000177. The third-order valence-electron chi connectivity index (χ3n) is 27.5. The maximum Gasteiger partial charge on any atom is 0.306 e. The van der Waals surface area contributed by atoms with Gasteiger partial charge in [0.05, 0.1) is 106 Å². The number of hydrogen-bond acceptors (Lipinski definition) is 22. The molecule has 112 heavy (non-hydrogen) atoms. The van der Waals surface area contributed by atoms with Gasteiger partial charge in [0, 0.05) is 25.7 Å². The Morgan fingerprint density at radius 1 is 0.482 bits per heavy atom. The number of Topliss-reactive ketones (excluding diaryl/α,β-unsaturated/α-hetero) is 2. The van der Waals surface area contributed by atoms with E-state index in [4.69, 9.17) is 28.4 Å². The maximum atomic E-state index is 15.0. The van der Waals surface area contributed by atoms with Gasteiger partial charge in [-0.15, -0.1) is 20.4 Å². The number of aromatic nitrogens is 4. The van der Waals surface area contributed by atoms with Crippen LogP contribution in [0.4, 0.5) is 0 Å². The van der Waals surface area contributed by atoms with Crippen molar-refractivity contribution >= 4 is 88.7 Å². The highest BCUT2D eigenvalue weighted by molar-refractivity contribution is 7.92. The van der Waals surface area contributed by atoms with Crippen molar-refractivity contribution in [1.29, 1.82) is 0 Å². The molecule has 28 heteroatoms. The summed E-state index contributed by atoms with van der Waals surface area (Å²) in [5.74, 6) is -1.89. The molecule has 16 rings (SSSR count). The maximum absolute atomic E-state index is 15.0. The van der Waals surface area contributed by atoms with Gasteiger partial charge in [0.2, 0.25) is 67.2 Å². The molecule has 2 aromatic carbocycles. The van der Waals surface area contributed by atoms with Crippen molar-refractivity contribution in [1.82, 2.24) is 39.6 Å². The number of fused-ring (bicyclic) bond motifs is 8. The Morgan fingerprint density at radius 3 is 1.18 bits per heavy atom. The zero-order valence-corrected chi connectivity index (χ0v) is 67.2. The number of methoxy groups -OCH3 is 2. The lowest BCUT2D eigenvalue weighted by Crippen LogP contribution is -2.48. The van der Waals surface area contributed by atoms with E-state index in [1.807, 2.05) is 86.7 Å². The molecule has 0 spiro atoms. The van der Waals surface area contributed by atoms with Gasteiger partial charge in [-0.2, -0.15) is 0 Å². The van der Waals surface area contributed by atoms with Crippen molar-refractivity contribution in [3.8, 4) is 23.5 Å². The molecule has 4 aromatic rings. The standard InChI is InChI=1S/2C42H54N4O9S/c2*1-24-9-5-6-10-28-21-42(28,40(50)45-56(51,52)41(3)13-14-41)22-35(47)34-19-30(55-38-32-12-8-7-11-31(32)37(53-4)43-44-38)23-46(34)39(49)33(25(2)15-24)20-36(48)54-29-17-26-16-27(26)18-29/h2*6-8,10-12,24-30,33-34H,5,9,13-23H2,1-4H3,(H,45,50)/b2*10-6-/t24-,25+,26-,27+,28+,29?,30+,33-,34-,42+;24-,25-,26-,27+,28-,29?,30-,33+,34+,42-/m01/s1. The second kappa shape index (κ2) is 30.9.